The van der Waals surface area contributed by atoms with Gasteiger partial charge in [-0.15, -0.1) is 0 Å². The highest BCUT2D eigenvalue weighted by molar-refractivity contribution is 5.59. The van der Waals surface area contributed by atoms with E-state index < -0.39 is 0 Å². The lowest BCUT2D eigenvalue weighted by atomic mass is 9.94. The van der Waals surface area contributed by atoms with E-state index >= 15 is 0 Å². The summed E-state index contributed by atoms with van der Waals surface area (Å²) in [6.45, 7) is 4.59. The Kier molecular flexibility index (Phi) is 7.24. The van der Waals surface area contributed by atoms with Crippen molar-refractivity contribution in [3.8, 4) is 0 Å². The molecular weight excluding hydrogens is 388 g/mol. The monoisotopic (exact) mass is 420 g/mol. The number of anilines is 3. The maximum Gasteiger partial charge on any atom is 0.0384 e. The van der Waals surface area contributed by atoms with Gasteiger partial charge in [0.25, 0.3) is 0 Å². The second kappa shape index (κ2) is 10.7. The Hall–Kier alpha value is -3.52. The third kappa shape index (κ3) is 6.24. The highest BCUT2D eigenvalue weighted by Gasteiger charge is 2.13. The molecule has 2 atom stereocenters. The van der Waals surface area contributed by atoms with Gasteiger partial charge in [0.15, 0.2) is 0 Å². The maximum atomic E-state index is 3.68. The van der Waals surface area contributed by atoms with Gasteiger partial charge < -0.3 is 10.6 Å². The van der Waals surface area contributed by atoms with Crippen LogP contribution in [-0.4, -0.2) is 6.04 Å². The average molecular weight is 421 g/mol. The second-order valence-electron chi connectivity index (χ2n) is 8.66. The van der Waals surface area contributed by atoms with E-state index in [0.29, 0.717) is 12.0 Å². The predicted molar refractivity (Wildman–Crippen MR) is 138 cm³/mol. The molecule has 2 heteroatoms. The maximum absolute atomic E-state index is 3.68. The first-order valence-electron chi connectivity index (χ1n) is 11.5. The van der Waals surface area contributed by atoms with Gasteiger partial charge in [-0.05, 0) is 78.8 Å². The molecule has 162 valence electrons. The molecule has 0 aromatic heterocycles. The van der Waals surface area contributed by atoms with E-state index in [2.05, 4.69) is 115 Å². The topological polar surface area (TPSA) is 24.1 Å². The third-order valence-corrected chi connectivity index (χ3v) is 6.03. The highest BCUT2D eigenvalue weighted by atomic mass is 14.9. The molecule has 0 aliphatic rings. The number of nitrogens with one attached hydrogen (secondary N) is 2. The number of benzene rings is 4. The summed E-state index contributed by atoms with van der Waals surface area (Å²) in [4.78, 5) is 0. The van der Waals surface area contributed by atoms with Crippen LogP contribution in [0.4, 0.5) is 17.1 Å². The van der Waals surface area contributed by atoms with Crippen LogP contribution in [0.3, 0.4) is 0 Å². The second-order valence-corrected chi connectivity index (χ2v) is 8.66. The van der Waals surface area contributed by atoms with Crippen LogP contribution in [0.15, 0.2) is 109 Å². The molecule has 2 nitrogen and oxygen atoms in total. The van der Waals surface area contributed by atoms with Gasteiger partial charge in [0, 0.05) is 23.1 Å². The minimum Gasteiger partial charge on any atom is -0.382 e. The van der Waals surface area contributed by atoms with Gasteiger partial charge in [-0.25, -0.2) is 0 Å². The Bertz CT molecular complexity index is 980. The normalized spacial score (nSPS) is 12.7. The van der Waals surface area contributed by atoms with Crippen molar-refractivity contribution in [2.75, 3.05) is 10.6 Å². The Morgan fingerprint density at radius 2 is 1.03 bits per heavy atom. The molecule has 0 amide bonds. The summed E-state index contributed by atoms with van der Waals surface area (Å²) in [5, 5.41) is 7.13. The molecule has 2 unspecified atom stereocenters. The molecule has 4 rings (SSSR count). The summed E-state index contributed by atoms with van der Waals surface area (Å²) < 4.78 is 0. The van der Waals surface area contributed by atoms with Gasteiger partial charge in [0.2, 0.25) is 0 Å². The van der Waals surface area contributed by atoms with Gasteiger partial charge in [-0.2, -0.15) is 0 Å². The fourth-order valence-corrected chi connectivity index (χ4v) is 3.92. The van der Waals surface area contributed by atoms with Crippen LogP contribution in [0.25, 0.3) is 0 Å². The van der Waals surface area contributed by atoms with Gasteiger partial charge >= 0.3 is 0 Å². The van der Waals surface area contributed by atoms with E-state index in [9.17, 15) is 0 Å². The van der Waals surface area contributed by atoms with E-state index in [4.69, 9.17) is 0 Å². The Balaban J connectivity index is 1.28. The molecule has 0 bridgehead atoms. The van der Waals surface area contributed by atoms with E-state index in [0.717, 1.165) is 24.2 Å². The van der Waals surface area contributed by atoms with Gasteiger partial charge in [0.05, 0.1) is 0 Å². The Morgan fingerprint density at radius 1 is 0.531 bits per heavy atom. The molecule has 0 spiro atoms. The first-order chi connectivity index (χ1) is 15.7. The summed E-state index contributed by atoms with van der Waals surface area (Å²) in [6, 6.07) is 38.9. The number of rotatable bonds is 9. The van der Waals surface area contributed by atoms with Crippen molar-refractivity contribution in [1.82, 2.24) is 0 Å². The molecule has 0 aliphatic carbocycles. The van der Waals surface area contributed by atoms with Crippen LogP contribution in [0, 0.1) is 5.92 Å². The van der Waals surface area contributed by atoms with E-state index in [1.165, 1.54) is 22.4 Å². The average Bonchev–Trinajstić information content (AvgIpc) is 2.83. The molecule has 32 heavy (non-hydrogen) atoms. The zero-order valence-corrected chi connectivity index (χ0v) is 19.0. The van der Waals surface area contributed by atoms with Crippen molar-refractivity contribution < 1.29 is 0 Å². The van der Waals surface area contributed by atoms with Crippen LogP contribution >= 0.6 is 0 Å². The van der Waals surface area contributed by atoms with E-state index in [1.807, 2.05) is 18.2 Å². The molecule has 0 radical (unpaired) electrons. The van der Waals surface area contributed by atoms with Crippen molar-refractivity contribution in [3.63, 3.8) is 0 Å². The van der Waals surface area contributed by atoms with Crippen LogP contribution in [-0.2, 0) is 12.8 Å². The van der Waals surface area contributed by atoms with E-state index in [-0.39, 0.29) is 0 Å². The SMILES string of the molecule is CC(Cc1ccc(Nc2ccccc2)cc1)C(C)Nc1ccc(Cc2ccccc2)cc1. The van der Waals surface area contributed by atoms with E-state index in [1.54, 1.807) is 0 Å². The quantitative estimate of drug-likeness (QED) is 0.290. The summed E-state index contributed by atoms with van der Waals surface area (Å²) in [7, 11) is 0. The van der Waals surface area contributed by atoms with Crippen molar-refractivity contribution in [2.45, 2.75) is 32.7 Å². The molecular formula is C30H32N2. The zero-order chi connectivity index (χ0) is 22.2. The summed E-state index contributed by atoms with van der Waals surface area (Å²) in [5.41, 5.74) is 7.47. The lowest BCUT2D eigenvalue weighted by Gasteiger charge is -2.23. The highest BCUT2D eigenvalue weighted by Crippen LogP contribution is 2.21. The molecule has 0 aliphatic heterocycles. The zero-order valence-electron chi connectivity index (χ0n) is 19.0. The number of para-hydroxylation sites is 1. The smallest absolute Gasteiger partial charge is 0.0384 e. The van der Waals surface area contributed by atoms with Gasteiger partial charge in [-0.1, -0.05) is 79.7 Å². The summed E-state index contributed by atoms with van der Waals surface area (Å²) >= 11 is 0. The largest absolute Gasteiger partial charge is 0.382 e. The van der Waals surface area contributed by atoms with Crippen molar-refractivity contribution in [1.29, 1.82) is 0 Å². The fraction of sp³-hybridized carbons (Fsp3) is 0.200. The van der Waals surface area contributed by atoms with Crippen LogP contribution in [0.1, 0.15) is 30.5 Å². The lowest BCUT2D eigenvalue weighted by molar-refractivity contribution is 0.507. The molecule has 0 saturated heterocycles. The summed E-state index contributed by atoms with van der Waals surface area (Å²) in [6.07, 6.45) is 2.02. The molecule has 0 saturated carbocycles. The first kappa shape index (κ1) is 21.7. The number of hydrogen-bond donors (Lipinski definition) is 2. The molecule has 0 heterocycles. The predicted octanol–water partition coefficient (Wildman–Crippen LogP) is 7.70. The summed E-state index contributed by atoms with van der Waals surface area (Å²) in [5.74, 6) is 0.520. The first-order valence-corrected chi connectivity index (χ1v) is 11.5. The van der Waals surface area contributed by atoms with Crippen LogP contribution in [0.5, 0.6) is 0 Å². The number of hydrogen-bond acceptors (Lipinski definition) is 2. The molecule has 4 aromatic rings. The Labute approximate surface area is 192 Å². The molecule has 0 fully saturated rings. The Morgan fingerprint density at radius 3 is 1.69 bits per heavy atom. The van der Waals surface area contributed by atoms with Crippen molar-refractivity contribution in [2.24, 2.45) is 5.92 Å². The minimum atomic E-state index is 0.386. The van der Waals surface area contributed by atoms with Crippen molar-refractivity contribution in [3.05, 3.63) is 126 Å². The molecule has 4 aromatic carbocycles. The standard InChI is InChI=1S/C30H32N2/c1-23(21-26-13-19-30(20-14-26)32-28-11-7-4-8-12-28)24(2)31-29-17-15-27(16-18-29)22-25-9-5-3-6-10-25/h3-20,23-24,31-32H,21-22H2,1-2H3. The van der Waals surface area contributed by atoms with Crippen molar-refractivity contribution >= 4 is 17.1 Å². The molecule has 2 N–H and O–H groups in total. The fourth-order valence-electron chi connectivity index (χ4n) is 3.92. The van der Waals surface area contributed by atoms with Gasteiger partial charge in [0.1, 0.15) is 0 Å². The third-order valence-electron chi connectivity index (χ3n) is 6.03. The lowest BCUT2D eigenvalue weighted by Crippen LogP contribution is -2.25. The van der Waals surface area contributed by atoms with Crippen LogP contribution in [0.2, 0.25) is 0 Å². The van der Waals surface area contributed by atoms with Gasteiger partial charge in [-0.3, -0.25) is 0 Å². The van der Waals surface area contributed by atoms with Crippen LogP contribution < -0.4 is 10.6 Å². The minimum absolute atomic E-state index is 0.386.